The number of nitrogens with zero attached hydrogens (tertiary/aromatic N) is 1. The van der Waals surface area contributed by atoms with Crippen LogP contribution in [0.3, 0.4) is 0 Å². The van der Waals surface area contributed by atoms with Crippen molar-refractivity contribution in [3.8, 4) is 5.75 Å². The molecule has 142 valence electrons. The summed E-state index contributed by atoms with van der Waals surface area (Å²) in [5, 5.41) is 3.30. The summed E-state index contributed by atoms with van der Waals surface area (Å²) in [5.41, 5.74) is 1.52. The van der Waals surface area contributed by atoms with Crippen LogP contribution in [0.15, 0.2) is 54.6 Å². The van der Waals surface area contributed by atoms with Crippen molar-refractivity contribution in [3.05, 3.63) is 65.2 Å². The fourth-order valence-corrected chi connectivity index (χ4v) is 3.24. The third kappa shape index (κ3) is 6.42. The van der Waals surface area contributed by atoms with E-state index in [-0.39, 0.29) is 5.91 Å². The van der Waals surface area contributed by atoms with Crippen molar-refractivity contribution in [2.45, 2.75) is 19.3 Å². The zero-order valence-electron chi connectivity index (χ0n) is 15.4. The average molecular weight is 385 g/mol. The van der Waals surface area contributed by atoms with Crippen LogP contribution < -0.4 is 10.1 Å². The Kier molecular flexibility index (Phi) is 7.31. The Balaban J connectivity index is 1.53. The highest BCUT2D eigenvalue weighted by Gasteiger charge is 2.10. The molecule has 4 nitrogen and oxygen atoms in total. The van der Waals surface area contributed by atoms with Crippen LogP contribution in [0.25, 0.3) is 6.08 Å². The number of nitrogens with one attached hydrogen (secondary N) is 1. The Morgan fingerprint density at radius 1 is 1.11 bits per heavy atom. The monoisotopic (exact) mass is 384 g/mol. The first-order valence-electron chi connectivity index (χ1n) is 9.39. The van der Waals surface area contributed by atoms with E-state index in [9.17, 15) is 4.79 Å². The lowest BCUT2D eigenvalue weighted by atomic mass is 10.1. The summed E-state index contributed by atoms with van der Waals surface area (Å²) in [6.07, 6.45) is 7.13. The van der Waals surface area contributed by atoms with Gasteiger partial charge in [0.05, 0.1) is 10.7 Å². The van der Waals surface area contributed by atoms with Gasteiger partial charge in [0.1, 0.15) is 12.4 Å². The molecule has 1 aliphatic heterocycles. The largest absolute Gasteiger partial charge is 0.492 e. The third-order valence-electron chi connectivity index (χ3n) is 4.55. The van der Waals surface area contributed by atoms with Crippen molar-refractivity contribution in [1.82, 2.24) is 4.90 Å². The molecule has 0 aromatic heterocycles. The molecule has 1 aliphatic rings. The molecular weight excluding hydrogens is 360 g/mol. The molecule has 2 aromatic carbocycles. The first-order chi connectivity index (χ1) is 13.2. The van der Waals surface area contributed by atoms with E-state index in [1.807, 2.05) is 36.4 Å². The molecule has 1 amide bonds. The lowest BCUT2D eigenvalue weighted by Crippen LogP contribution is -2.33. The number of ether oxygens (including phenoxy) is 1. The second kappa shape index (κ2) is 10.1. The Morgan fingerprint density at radius 2 is 1.89 bits per heavy atom. The molecule has 27 heavy (non-hydrogen) atoms. The van der Waals surface area contributed by atoms with Gasteiger partial charge in [-0.15, -0.1) is 0 Å². The zero-order valence-corrected chi connectivity index (χ0v) is 16.1. The molecule has 1 heterocycles. The lowest BCUT2D eigenvalue weighted by Gasteiger charge is -2.26. The number of benzene rings is 2. The summed E-state index contributed by atoms with van der Waals surface area (Å²) < 4.78 is 5.85. The van der Waals surface area contributed by atoms with Crippen LogP contribution in [-0.4, -0.2) is 37.0 Å². The Morgan fingerprint density at radius 3 is 2.67 bits per heavy atom. The zero-order chi connectivity index (χ0) is 18.9. The number of likely N-dealkylation sites (tertiary alicyclic amines) is 1. The molecule has 0 aliphatic carbocycles. The normalized spacial score (nSPS) is 15.0. The highest BCUT2D eigenvalue weighted by Crippen LogP contribution is 2.27. The predicted molar refractivity (Wildman–Crippen MR) is 111 cm³/mol. The van der Waals surface area contributed by atoms with Gasteiger partial charge < -0.3 is 10.1 Å². The van der Waals surface area contributed by atoms with Gasteiger partial charge in [0.2, 0.25) is 5.91 Å². The smallest absolute Gasteiger partial charge is 0.248 e. The number of rotatable bonds is 7. The van der Waals surface area contributed by atoms with Crippen LogP contribution >= 0.6 is 11.6 Å². The standard InChI is InChI=1S/C22H25ClN2O2/c23-20-11-10-19(27-16-15-25-13-5-2-6-14-25)17-21(20)24-22(26)12-9-18-7-3-1-4-8-18/h1,3-4,7-12,17H,2,5-6,13-16H2,(H,24,26)/b12-9+. The SMILES string of the molecule is O=C(/C=C/c1ccccc1)Nc1cc(OCCN2CCCCC2)ccc1Cl. The Labute approximate surface area is 165 Å². The molecular formula is C22H25ClN2O2. The van der Waals surface area contributed by atoms with E-state index in [1.165, 1.54) is 25.3 Å². The molecule has 0 bridgehead atoms. The first kappa shape index (κ1) is 19.5. The molecule has 2 aromatic rings. The molecule has 0 spiro atoms. The number of hydrogen-bond acceptors (Lipinski definition) is 3. The van der Waals surface area contributed by atoms with E-state index >= 15 is 0 Å². The molecule has 5 heteroatoms. The lowest BCUT2D eigenvalue weighted by molar-refractivity contribution is -0.111. The van der Waals surface area contributed by atoms with Gasteiger partial charge in [0.15, 0.2) is 0 Å². The van der Waals surface area contributed by atoms with Crippen molar-refractivity contribution < 1.29 is 9.53 Å². The van der Waals surface area contributed by atoms with Crippen molar-refractivity contribution >= 4 is 29.3 Å². The molecule has 1 saturated heterocycles. The van der Waals surface area contributed by atoms with E-state index in [0.29, 0.717) is 23.1 Å². The molecule has 1 N–H and O–H groups in total. The summed E-state index contributed by atoms with van der Waals surface area (Å²) in [6, 6.07) is 15.0. The van der Waals surface area contributed by atoms with E-state index in [4.69, 9.17) is 16.3 Å². The van der Waals surface area contributed by atoms with Crippen molar-refractivity contribution in [2.24, 2.45) is 0 Å². The van der Waals surface area contributed by atoms with Crippen molar-refractivity contribution in [3.63, 3.8) is 0 Å². The number of piperidine rings is 1. The Hall–Kier alpha value is -2.30. The Bertz CT molecular complexity index is 771. The maximum atomic E-state index is 12.2. The van der Waals surface area contributed by atoms with Gasteiger partial charge in [-0.3, -0.25) is 9.69 Å². The van der Waals surface area contributed by atoms with Gasteiger partial charge in [0.25, 0.3) is 0 Å². The summed E-state index contributed by atoms with van der Waals surface area (Å²) in [4.78, 5) is 14.6. The van der Waals surface area contributed by atoms with Crippen molar-refractivity contribution in [2.75, 3.05) is 31.6 Å². The van der Waals surface area contributed by atoms with E-state index < -0.39 is 0 Å². The minimum atomic E-state index is -0.230. The molecule has 0 atom stereocenters. The maximum absolute atomic E-state index is 12.2. The maximum Gasteiger partial charge on any atom is 0.248 e. The van der Waals surface area contributed by atoms with E-state index in [2.05, 4.69) is 10.2 Å². The van der Waals surface area contributed by atoms with E-state index in [1.54, 1.807) is 18.2 Å². The molecule has 0 saturated carbocycles. The topological polar surface area (TPSA) is 41.6 Å². The molecule has 3 rings (SSSR count). The van der Waals surface area contributed by atoms with Crippen LogP contribution in [0.2, 0.25) is 5.02 Å². The number of anilines is 1. The quantitative estimate of drug-likeness (QED) is 0.693. The fraction of sp³-hybridized carbons (Fsp3) is 0.318. The second-order valence-electron chi connectivity index (χ2n) is 6.63. The van der Waals surface area contributed by atoms with Gasteiger partial charge >= 0.3 is 0 Å². The van der Waals surface area contributed by atoms with Gasteiger partial charge in [0, 0.05) is 18.7 Å². The number of amides is 1. The summed E-state index contributed by atoms with van der Waals surface area (Å²) in [6.45, 7) is 3.85. The number of carbonyl (C=O) groups excluding carboxylic acids is 1. The number of hydrogen-bond donors (Lipinski definition) is 1. The second-order valence-corrected chi connectivity index (χ2v) is 7.03. The molecule has 1 fully saturated rings. The predicted octanol–water partition coefficient (Wildman–Crippen LogP) is 4.86. The van der Waals surface area contributed by atoms with Crippen LogP contribution in [0.4, 0.5) is 5.69 Å². The fourth-order valence-electron chi connectivity index (χ4n) is 3.08. The van der Waals surface area contributed by atoms with Crippen LogP contribution in [0, 0.1) is 0 Å². The highest BCUT2D eigenvalue weighted by atomic mass is 35.5. The minimum Gasteiger partial charge on any atom is -0.492 e. The molecule has 0 radical (unpaired) electrons. The van der Waals surface area contributed by atoms with Gasteiger partial charge in [-0.2, -0.15) is 0 Å². The van der Waals surface area contributed by atoms with Crippen LogP contribution in [0.1, 0.15) is 24.8 Å². The summed E-state index contributed by atoms with van der Waals surface area (Å²) in [7, 11) is 0. The summed E-state index contributed by atoms with van der Waals surface area (Å²) in [5.74, 6) is 0.477. The van der Waals surface area contributed by atoms with Crippen LogP contribution in [-0.2, 0) is 4.79 Å². The highest BCUT2D eigenvalue weighted by molar-refractivity contribution is 6.33. The first-order valence-corrected chi connectivity index (χ1v) is 9.77. The summed E-state index contributed by atoms with van der Waals surface area (Å²) >= 11 is 6.21. The van der Waals surface area contributed by atoms with Gasteiger partial charge in [-0.1, -0.05) is 48.4 Å². The number of carbonyl (C=O) groups is 1. The number of halogens is 1. The minimum absolute atomic E-state index is 0.230. The van der Waals surface area contributed by atoms with Gasteiger partial charge in [-0.05, 0) is 49.7 Å². The van der Waals surface area contributed by atoms with E-state index in [0.717, 1.165) is 25.2 Å². The van der Waals surface area contributed by atoms with Crippen LogP contribution in [0.5, 0.6) is 5.75 Å². The third-order valence-corrected chi connectivity index (χ3v) is 4.88. The average Bonchev–Trinajstić information content (AvgIpc) is 2.70. The molecule has 0 unspecified atom stereocenters. The van der Waals surface area contributed by atoms with Gasteiger partial charge in [-0.25, -0.2) is 0 Å². The van der Waals surface area contributed by atoms with Crippen molar-refractivity contribution in [1.29, 1.82) is 0 Å².